The number of carbonyl (C=O) groups excluding carboxylic acids is 20. The number of imide groups is 2. The highest BCUT2D eigenvalue weighted by Gasteiger charge is 2.51. The molecule has 22 N–H and O–H groups in total. The third kappa shape index (κ3) is 31.6. The first-order valence-electron chi connectivity index (χ1n) is 42.8. The minimum absolute atomic E-state index is 0.000605. The molecule has 0 saturated carbocycles. The number of aliphatic hydroxyl groups is 3. The minimum Gasteiger partial charge on any atom is -0.506 e. The quantitative estimate of drug-likeness (QED) is 0.0166. The molecule has 1 aromatic heterocycles. The fourth-order valence-corrected chi connectivity index (χ4v) is 15.3. The number of primary amides is 1. The molecule has 7 rings (SSSR count). The number of phenols is 1. The van der Waals surface area contributed by atoms with Crippen molar-refractivity contribution in [3.8, 4) is 5.75 Å². The van der Waals surface area contributed by atoms with Crippen molar-refractivity contribution in [2.45, 2.75) is 177 Å². The largest absolute Gasteiger partial charge is 0.506 e. The Labute approximate surface area is 767 Å². The predicted octanol–water partition coefficient (Wildman–Crippen LogP) is -11.2. The third-order valence-electron chi connectivity index (χ3n) is 21.6. The fraction of sp³-hybridized carbons (Fsp3) is 0.593. The molecule has 1 saturated heterocycles. The van der Waals surface area contributed by atoms with Crippen LogP contribution < -0.4 is 80.2 Å². The molecule has 5 aliphatic heterocycles. The topological polar surface area (TPSA) is 752 Å². The number of fused-ring (bicyclic) bond motifs is 5. The SMILES string of the molecule is CC[C@H](C)[C@@H]1NC(=O)CNC(=O)[C@@H]2Cc3c([nH]c4cc(O)c(NC(=O)C(C)NC(=O)C(C)NC(=O)CCOCCOCCOCCNC(=O)C(C(C(=O)NCCOCCOCCOCCC(=O)NC(C)C(=O)NC(C)C(=O)O)N5C(=O)C=CC5=O)N5C(=O)C=CC5=O)cc34)S(=O)C[C@H](NC(=O)CNC1=O)C(=O)N[C@@H](CC(N)=O)C(=O)N1C[C@H](O)C[C@H]1C(=O)N[C@@H](C(C)[C@@H](O)CO)C(=O)N2. The third-order valence-corrected chi connectivity index (χ3v) is 23.0. The van der Waals surface area contributed by atoms with Gasteiger partial charge in [-0.1, -0.05) is 27.2 Å². The number of nitrogens with zero attached hydrogens (tertiary/aromatic N) is 3. The molecule has 6 heterocycles. The molecule has 53 heteroatoms. The average molecular weight is 1910 g/mol. The van der Waals surface area contributed by atoms with Gasteiger partial charge in [0.05, 0.1) is 145 Å². The number of carboxylic acids is 1. The molecule has 134 heavy (non-hydrogen) atoms. The molecule has 0 aliphatic carbocycles. The Balaban J connectivity index is 0.922. The highest BCUT2D eigenvalue weighted by Crippen LogP contribution is 2.36. The molecule has 1 fully saturated rings. The lowest BCUT2D eigenvalue weighted by molar-refractivity contribution is -0.156. The van der Waals surface area contributed by atoms with E-state index >= 15 is 4.21 Å². The minimum atomic E-state index is -2.67. The zero-order valence-electron chi connectivity index (χ0n) is 74.4. The number of H-pyrrole nitrogens is 1. The first-order valence-corrected chi connectivity index (χ1v) is 44.1. The van der Waals surface area contributed by atoms with Crippen LogP contribution in [-0.2, 0) is 146 Å². The number of carboxylic acid groups (broad SMARTS) is 1. The van der Waals surface area contributed by atoms with Gasteiger partial charge < -0.3 is 144 Å². The highest BCUT2D eigenvalue weighted by atomic mass is 32.2. The molecule has 0 spiro atoms. The maximum absolute atomic E-state index is 15.3. The van der Waals surface area contributed by atoms with Gasteiger partial charge in [0.2, 0.25) is 94.5 Å². The van der Waals surface area contributed by atoms with E-state index in [1.165, 1.54) is 34.6 Å². The first kappa shape index (κ1) is 108. The van der Waals surface area contributed by atoms with E-state index < -0.39 is 299 Å². The van der Waals surface area contributed by atoms with E-state index in [2.05, 4.69) is 79.4 Å². The van der Waals surface area contributed by atoms with Crippen molar-refractivity contribution in [2.24, 2.45) is 17.6 Å². The predicted molar refractivity (Wildman–Crippen MR) is 459 cm³/mol. The van der Waals surface area contributed by atoms with E-state index in [0.29, 0.717) is 9.80 Å². The van der Waals surface area contributed by atoms with Crippen LogP contribution in [0.25, 0.3) is 10.9 Å². The van der Waals surface area contributed by atoms with Gasteiger partial charge in [0.15, 0.2) is 0 Å². The number of aliphatic carboxylic acids is 1. The number of ether oxygens (including phenoxy) is 6. The molecule has 52 nitrogen and oxygen atoms in total. The number of nitrogens with one attached hydrogen (secondary N) is 15. The van der Waals surface area contributed by atoms with Crippen molar-refractivity contribution in [3.63, 3.8) is 0 Å². The molecule has 5 aliphatic rings. The van der Waals surface area contributed by atoms with E-state index in [0.717, 1.165) is 41.3 Å². The lowest BCUT2D eigenvalue weighted by Gasteiger charge is -2.35. The summed E-state index contributed by atoms with van der Waals surface area (Å²) >= 11 is 0. The molecule has 8 unspecified atom stereocenters. The van der Waals surface area contributed by atoms with Gasteiger partial charge in [-0.15, -0.1) is 0 Å². The first-order chi connectivity index (χ1) is 63.5. The zero-order chi connectivity index (χ0) is 98.9. The van der Waals surface area contributed by atoms with Gasteiger partial charge in [0.25, 0.3) is 23.6 Å². The summed E-state index contributed by atoms with van der Waals surface area (Å²) in [6.07, 6.45) is -2.35. The number of aromatic hydroxyl groups is 1. The van der Waals surface area contributed by atoms with Crippen molar-refractivity contribution in [3.05, 3.63) is 42.0 Å². The number of amides is 20. The molecular formula is C81H115N19O33S. The van der Waals surface area contributed by atoms with E-state index in [1.54, 1.807) is 13.8 Å². The van der Waals surface area contributed by atoms with Gasteiger partial charge in [-0.2, -0.15) is 0 Å². The molecule has 2 aromatic rings. The standard InChI is InChI=1S/C81H115N19O33S/c1-8-39(2)65-75(120)86-34-59(108)91-52-38-134(127)79-47(31-50(72(117)85-35-60(109)96-65)93-76(121)66(40(3)55(104)37-101)97-74(119)53-29-45(102)36-98(53)80(124)51(33-56(82)105)94-73(52)118)46-30-49(54(103)32-48(46)95-79)92-71(116)43(6)89-69(114)41(4)87-57(106)13-17-128-21-25-132-27-23-130-19-15-83-77(122)67(99-61(110)9-10-62(99)111)68(100-63(112)11-12-64(100)113)78(123)84-16-20-131-24-28-133-26-22-129-18-14-58(107)88-42(5)70(115)90-44(7)81(125)126/h9-12,30,32,39-45,50-53,55,65-68,95,101-104H,8,13-29,31,33-38H2,1-7H3,(H2,82,105)(H,83,122)(H,84,123)(H,85,117)(H,86,120)(H,87,106)(H,88,107)(H,89,114)(H,90,115)(H,91,108)(H,92,116)(H,93,121)(H,94,118)(H,96,109)(H,97,119)(H,125,126)/t39-,40?,41?,42?,43?,44?,45+,50-,51-,52-,53-,55-,65-,66-,67?,68?,134?/m0/s1. The summed E-state index contributed by atoms with van der Waals surface area (Å²) in [6.45, 7) is 5.18. The molecular weight excluding hydrogens is 1800 g/mol. The second-order valence-corrected chi connectivity index (χ2v) is 33.0. The number of benzene rings is 1. The summed E-state index contributed by atoms with van der Waals surface area (Å²) in [4.78, 5) is 288. The highest BCUT2D eigenvalue weighted by molar-refractivity contribution is 7.85. The van der Waals surface area contributed by atoms with Crippen LogP contribution in [0.4, 0.5) is 5.69 Å². The van der Waals surface area contributed by atoms with Crippen LogP contribution in [0.3, 0.4) is 0 Å². The van der Waals surface area contributed by atoms with Crippen LogP contribution >= 0.6 is 0 Å². The summed E-state index contributed by atoms with van der Waals surface area (Å²) < 4.78 is 48.1. The van der Waals surface area contributed by atoms with Gasteiger partial charge in [-0.3, -0.25) is 115 Å². The summed E-state index contributed by atoms with van der Waals surface area (Å²) in [6, 6.07) is -17.9. The Bertz CT molecular complexity index is 4740. The molecule has 0 radical (unpaired) electrons. The molecule has 1 aromatic carbocycles. The van der Waals surface area contributed by atoms with Crippen LogP contribution in [-0.4, -0.2) is 383 Å². The van der Waals surface area contributed by atoms with Gasteiger partial charge >= 0.3 is 5.97 Å². The van der Waals surface area contributed by atoms with Gasteiger partial charge in [0.1, 0.15) is 83.3 Å². The summed E-state index contributed by atoms with van der Waals surface area (Å²) in [5, 5.41) is 85.9. The summed E-state index contributed by atoms with van der Waals surface area (Å²) in [5.41, 5.74) is 4.81. The average Bonchev–Trinajstić information content (AvgIpc) is 1.65. The number of aromatic nitrogens is 1. The van der Waals surface area contributed by atoms with E-state index in [9.17, 15) is 121 Å². The zero-order valence-corrected chi connectivity index (χ0v) is 75.2. The van der Waals surface area contributed by atoms with Crippen LogP contribution in [0.2, 0.25) is 0 Å². The van der Waals surface area contributed by atoms with Gasteiger partial charge in [-0.25, -0.2) is 0 Å². The number of nitrogens with two attached hydrogens (primary N) is 1. The lowest BCUT2D eigenvalue weighted by atomic mass is 9.93. The maximum atomic E-state index is 15.3. The summed E-state index contributed by atoms with van der Waals surface area (Å²) in [5.74, 6) is -25.5. The van der Waals surface area contributed by atoms with E-state index in [-0.39, 0.29) is 128 Å². The Hall–Kier alpha value is -12.9. The number of aromatic amines is 1. The Morgan fingerprint density at radius 1 is 0.552 bits per heavy atom. The number of hydrogen-bond donors (Lipinski definition) is 21. The number of anilines is 1. The monoisotopic (exact) mass is 1910 g/mol. The van der Waals surface area contributed by atoms with Crippen LogP contribution in [0, 0.1) is 11.8 Å². The number of carbonyl (C=O) groups is 21. The van der Waals surface area contributed by atoms with E-state index in [1.807, 2.05) is 0 Å². The Kier molecular flexibility index (Phi) is 42.4. The second kappa shape index (κ2) is 52.5. The van der Waals surface area contributed by atoms with Crippen molar-refractivity contribution >= 4 is 152 Å². The number of phenolic OH excluding ortho intramolecular Hbond substituents is 1. The normalized spacial score (nSPS) is 21.9. The second-order valence-electron chi connectivity index (χ2n) is 31.6. The number of hydrogen-bond acceptors (Lipinski definition) is 32. The molecule has 17 atom stereocenters. The van der Waals surface area contributed by atoms with Crippen LogP contribution in [0.15, 0.2) is 41.5 Å². The summed E-state index contributed by atoms with van der Waals surface area (Å²) in [7, 11) is -2.67. The van der Waals surface area contributed by atoms with Gasteiger partial charge in [0, 0.05) is 87.0 Å². The molecule has 2 bridgehead atoms. The molecule has 20 amide bonds. The van der Waals surface area contributed by atoms with Crippen molar-refractivity contribution in [2.75, 3.05) is 130 Å². The van der Waals surface area contributed by atoms with Crippen LogP contribution in [0.1, 0.15) is 86.1 Å². The molecule has 738 valence electrons. The van der Waals surface area contributed by atoms with Gasteiger partial charge in [-0.05, 0) is 45.2 Å². The van der Waals surface area contributed by atoms with Crippen molar-refractivity contribution < 1.29 is 159 Å². The Morgan fingerprint density at radius 3 is 1.52 bits per heavy atom. The van der Waals surface area contributed by atoms with Crippen molar-refractivity contribution in [1.82, 2.24) is 88.8 Å². The van der Waals surface area contributed by atoms with Crippen LogP contribution in [0.5, 0.6) is 5.75 Å². The van der Waals surface area contributed by atoms with E-state index in [4.69, 9.17) is 39.3 Å². The van der Waals surface area contributed by atoms with Crippen molar-refractivity contribution in [1.29, 1.82) is 0 Å². The smallest absolute Gasteiger partial charge is 0.325 e. The fourth-order valence-electron chi connectivity index (χ4n) is 13.9. The maximum Gasteiger partial charge on any atom is 0.325 e. The number of aliphatic hydroxyl groups excluding tert-OH is 3. The Morgan fingerprint density at radius 2 is 1.03 bits per heavy atom. The lowest BCUT2D eigenvalue weighted by Crippen LogP contribution is -2.66. The number of rotatable bonds is 45.